The van der Waals surface area contributed by atoms with Gasteiger partial charge in [-0.3, -0.25) is 4.79 Å². The summed E-state index contributed by atoms with van der Waals surface area (Å²) in [6.45, 7) is 0. The highest BCUT2D eigenvalue weighted by molar-refractivity contribution is 6.10. The van der Waals surface area contributed by atoms with Crippen LogP contribution in [0, 0.1) is 0 Å². The Morgan fingerprint density at radius 1 is 0.389 bits per heavy atom. The molecule has 0 N–H and O–H groups in total. The fraction of sp³-hybridized carbons (Fsp3) is 0.0200. The molecule has 0 bridgehead atoms. The largest absolute Gasteiger partial charge is 0.456 e. The maximum absolute atomic E-state index is 14.1. The van der Waals surface area contributed by atoms with Gasteiger partial charge < -0.3 is 13.7 Å². The van der Waals surface area contributed by atoms with Crippen LogP contribution in [0.4, 0.5) is 17.1 Å². The first-order chi connectivity index (χ1) is 26.7. The van der Waals surface area contributed by atoms with Gasteiger partial charge in [0.2, 0.25) is 5.43 Å². The first-order valence-corrected chi connectivity index (χ1v) is 18.3. The summed E-state index contributed by atoms with van der Waals surface area (Å²) in [6.07, 6.45) is 0. The smallest absolute Gasteiger partial charge is 0.200 e. The number of para-hydroxylation sites is 4. The average molecular weight is 692 g/mol. The van der Waals surface area contributed by atoms with Gasteiger partial charge in [0.25, 0.3) is 0 Å². The lowest BCUT2D eigenvalue weighted by molar-refractivity contribution is 0.659. The molecule has 4 nitrogen and oxygen atoms in total. The topological polar surface area (TPSA) is 46.6 Å². The second kappa shape index (κ2) is 10.7. The predicted molar refractivity (Wildman–Crippen MR) is 218 cm³/mol. The second-order valence-electron chi connectivity index (χ2n) is 14.3. The zero-order valence-electron chi connectivity index (χ0n) is 28.9. The molecule has 2 aliphatic carbocycles. The average Bonchev–Trinajstić information content (AvgIpc) is 3.85. The third-order valence-corrected chi connectivity index (χ3v) is 11.7. The van der Waals surface area contributed by atoms with Crippen LogP contribution in [-0.2, 0) is 5.41 Å². The molecule has 4 heteroatoms. The van der Waals surface area contributed by atoms with Gasteiger partial charge in [0.05, 0.1) is 21.9 Å². The maximum Gasteiger partial charge on any atom is 0.200 e. The van der Waals surface area contributed by atoms with Gasteiger partial charge in [0.15, 0.2) is 5.58 Å². The fourth-order valence-electron chi connectivity index (χ4n) is 9.48. The lowest BCUT2D eigenvalue weighted by atomic mass is 9.70. The summed E-state index contributed by atoms with van der Waals surface area (Å²) >= 11 is 0. The highest BCUT2D eigenvalue weighted by Gasteiger charge is 2.52. The van der Waals surface area contributed by atoms with Gasteiger partial charge in [0, 0.05) is 22.1 Å². The van der Waals surface area contributed by atoms with Crippen LogP contribution in [0.1, 0.15) is 22.3 Å². The lowest BCUT2D eigenvalue weighted by Crippen LogP contribution is -2.26. The molecule has 0 aliphatic heterocycles. The first kappa shape index (κ1) is 29.4. The van der Waals surface area contributed by atoms with Crippen molar-refractivity contribution < 1.29 is 8.83 Å². The Labute approximate surface area is 309 Å². The van der Waals surface area contributed by atoms with Crippen molar-refractivity contribution in [3.8, 4) is 22.3 Å². The zero-order chi connectivity index (χ0) is 35.5. The summed E-state index contributed by atoms with van der Waals surface area (Å²) in [6, 6.07) is 61.2. The monoisotopic (exact) mass is 691 g/mol. The maximum atomic E-state index is 14.1. The van der Waals surface area contributed by atoms with E-state index in [4.69, 9.17) is 8.83 Å². The minimum atomic E-state index is -0.626. The van der Waals surface area contributed by atoms with E-state index in [1.54, 1.807) is 0 Å². The van der Waals surface area contributed by atoms with E-state index in [-0.39, 0.29) is 5.43 Å². The van der Waals surface area contributed by atoms with Crippen molar-refractivity contribution in [1.29, 1.82) is 0 Å². The summed E-state index contributed by atoms with van der Waals surface area (Å²) in [7, 11) is 0. The minimum Gasteiger partial charge on any atom is -0.456 e. The number of rotatable bonds is 3. The molecule has 2 aliphatic rings. The third-order valence-electron chi connectivity index (χ3n) is 11.7. The highest BCUT2D eigenvalue weighted by atomic mass is 16.3. The number of fused-ring (bicyclic) bond motifs is 15. The van der Waals surface area contributed by atoms with Crippen LogP contribution >= 0.6 is 0 Å². The number of benzene rings is 8. The molecule has 252 valence electrons. The van der Waals surface area contributed by atoms with Crippen molar-refractivity contribution in [1.82, 2.24) is 0 Å². The summed E-state index contributed by atoms with van der Waals surface area (Å²) in [4.78, 5) is 16.4. The van der Waals surface area contributed by atoms with E-state index in [1.165, 1.54) is 22.3 Å². The molecule has 0 radical (unpaired) electrons. The SMILES string of the molecule is O=c1c2ccccc2oc2cc3c(cc12)C1(c2ccccc2-c2cc(N(c4ccccc4)c4cccc5c4oc4ccccc45)ccc21)c1ccccc1-3. The van der Waals surface area contributed by atoms with Gasteiger partial charge in [-0.15, -0.1) is 0 Å². The molecule has 0 fully saturated rings. The zero-order valence-corrected chi connectivity index (χ0v) is 28.9. The van der Waals surface area contributed by atoms with Crippen molar-refractivity contribution in [2.24, 2.45) is 0 Å². The van der Waals surface area contributed by atoms with Crippen LogP contribution in [0.2, 0.25) is 0 Å². The Balaban J connectivity index is 1.14. The van der Waals surface area contributed by atoms with E-state index in [1.807, 2.05) is 42.5 Å². The van der Waals surface area contributed by atoms with Crippen molar-refractivity contribution in [3.05, 3.63) is 208 Å². The second-order valence-corrected chi connectivity index (χ2v) is 14.3. The molecular weight excluding hydrogens is 663 g/mol. The van der Waals surface area contributed by atoms with Crippen molar-refractivity contribution in [2.45, 2.75) is 5.41 Å². The van der Waals surface area contributed by atoms with Crippen LogP contribution < -0.4 is 10.3 Å². The quantitative estimate of drug-likeness (QED) is 0.173. The Hall–Kier alpha value is -7.17. The Kier molecular flexibility index (Phi) is 5.82. The summed E-state index contributed by atoms with van der Waals surface area (Å²) in [5, 5.41) is 3.36. The lowest BCUT2D eigenvalue weighted by Gasteiger charge is -2.31. The van der Waals surface area contributed by atoms with E-state index in [0.29, 0.717) is 21.9 Å². The van der Waals surface area contributed by atoms with Crippen molar-refractivity contribution in [3.63, 3.8) is 0 Å². The number of nitrogens with zero attached hydrogens (tertiary/aromatic N) is 1. The summed E-state index contributed by atoms with van der Waals surface area (Å²) in [5.41, 5.74) is 14.6. The van der Waals surface area contributed by atoms with E-state index in [0.717, 1.165) is 61.3 Å². The Bertz CT molecular complexity index is 3260. The number of hydrogen-bond donors (Lipinski definition) is 0. The standard InChI is InChI=1S/C50H29NO3/c52-48-36-18-7-11-24-46(36)53-47-29-38-33-16-5-9-21-41(33)50(43(38)28-39(47)48)40-20-8-4-15-32(40)37-27-31(25-26-42(37)50)51(30-13-2-1-3-14-30)44-22-12-19-35-34-17-6-10-23-45(34)54-49(35)44/h1-29H. The molecule has 54 heavy (non-hydrogen) atoms. The molecule has 0 saturated heterocycles. The molecule has 1 atom stereocenters. The molecule has 2 heterocycles. The molecule has 8 aromatic carbocycles. The minimum absolute atomic E-state index is 0.0131. The molecule has 0 amide bonds. The predicted octanol–water partition coefficient (Wildman–Crippen LogP) is 12.7. The summed E-state index contributed by atoms with van der Waals surface area (Å²) in [5.74, 6) is 0. The van der Waals surface area contributed by atoms with Gasteiger partial charge in [-0.2, -0.15) is 0 Å². The van der Waals surface area contributed by atoms with Gasteiger partial charge in [-0.1, -0.05) is 115 Å². The number of furan rings is 1. The van der Waals surface area contributed by atoms with Crippen molar-refractivity contribution in [2.75, 3.05) is 4.90 Å². The van der Waals surface area contributed by atoms with Crippen LogP contribution in [0.5, 0.6) is 0 Å². The highest BCUT2D eigenvalue weighted by Crippen LogP contribution is 2.63. The molecule has 12 rings (SSSR count). The Morgan fingerprint density at radius 2 is 1.00 bits per heavy atom. The van der Waals surface area contributed by atoms with Gasteiger partial charge in [-0.05, 0) is 105 Å². The van der Waals surface area contributed by atoms with Gasteiger partial charge in [0.1, 0.15) is 16.7 Å². The van der Waals surface area contributed by atoms with E-state index in [9.17, 15) is 4.79 Å². The fourth-order valence-corrected chi connectivity index (χ4v) is 9.48. The summed E-state index contributed by atoms with van der Waals surface area (Å²) < 4.78 is 13.0. The van der Waals surface area contributed by atoms with Crippen LogP contribution in [-0.4, -0.2) is 0 Å². The van der Waals surface area contributed by atoms with E-state index in [2.05, 4.69) is 138 Å². The van der Waals surface area contributed by atoms with Crippen molar-refractivity contribution >= 4 is 60.9 Å². The Morgan fingerprint density at radius 3 is 1.78 bits per heavy atom. The molecule has 0 saturated carbocycles. The molecule has 10 aromatic rings. The first-order valence-electron chi connectivity index (χ1n) is 18.3. The van der Waals surface area contributed by atoms with Gasteiger partial charge in [-0.25, -0.2) is 0 Å². The molecule has 1 unspecified atom stereocenters. The molecular formula is C50H29NO3. The van der Waals surface area contributed by atoms with E-state index >= 15 is 0 Å². The van der Waals surface area contributed by atoms with Crippen LogP contribution in [0.3, 0.4) is 0 Å². The number of hydrogen-bond acceptors (Lipinski definition) is 4. The van der Waals surface area contributed by atoms with Gasteiger partial charge >= 0.3 is 0 Å². The van der Waals surface area contributed by atoms with Crippen LogP contribution in [0.25, 0.3) is 66.1 Å². The number of anilines is 3. The normalized spacial score (nSPS) is 15.2. The molecule has 1 spiro atoms. The molecule has 2 aromatic heterocycles. The third kappa shape index (κ3) is 3.74. The van der Waals surface area contributed by atoms with E-state index < -0.39 is 5.41 Å². The van der Waals surface area contributed by atoms with Crippen LogP contribution in [0.15, 0.2) is 190 Å².